The molecule has 0 bridgehead atoms. The van der Waals surface area contributed by atoms with Crippen LogP contribution in [0.1, 0.15) is 44.4 Å². The summed E-state index contributed by atoms with van der Waals surface area (Å²) in [5.74, 6) is -1.37. The number of carbonyl (C=O) groups excluding carboxylic acids is 1. The van der Waals surface area contributed by atoms with Gasteiger partial charge in [-0.05, 0) is 49.1 Å². The monoisotopic (exact) mass is 416 g/mol. The van der Waals surface area contributed by atoms with Gasteiger partial charge in [-0.2, -0.15) is 0 Å². The van der Waals surface area contributed by atoms with Crippen molar-refractivity contribution in [2.45, 2.75) is 58.2 Å². The molecular formula is C23H29ClN2O3. The van der Waals surface area contributed by atoms with Crippen molar-refractivity contribution in [1.82, 2.24) is 10.6 Å². The number of nitrogens with one attached hydrogen (secondary N) is 2. The van der Waals surface area contributed by atoms with Crippen LogP contribution in [0.3, 0.4) is 0 Å². The van der Waals surface area contributed by atoms with Gasteiger partial charge in [-0.25, -0.2) is 4.79 Å². The third-order valence-corrected chi connectivity index (χ3v) is 5.19. The van der Waals surface area contributed by atoms with Crippen LogP contribution in [0.15, 0.2) is 48.5 Å². The first-order chi connectivity index (χ1) is 13.8. The standard InChI is InChI=1S/C21H23ClN2O3.C2H6/c1-21(2)16-6-4-3-5-14(16)12-17(24-21)19(25)23-18(20(26)27)11-13-7-9-15(22)10-8-13;1-2/h3-10,17-18,24H,11-12H2,1-2H3,(H,23,25)(H,26,27);1-2H3. The van der Waals surface area contributed by atoms with E-state index in [0.29, 0.717) is 11.4 Å². The summed E-state index contributed by atoms with van der Waals surface area (Å²) in [6.45, 7) is 8.04. The van der Waals surface area contributed by atoms with Gasteiger partial charge in [-0.1, -0.05) is 61.8 Å². The molecule has 1 aliphatic heterocycles. The number of carboxylic acids is 1. The molecule has 2 aromatic carbocycles. The predicted molar refractivity (Wildman–Crippen MR) is 116 cm³/mol. The van der Waals surface area contributed by atoms with Gasteiger partial charge < -0.3 is 10.4 Å². The fourth-order valence-electron chi connectivity index (χ4n) is 3.58. The van der Waals surface area contributed by atoms with Gasteiger partial charge in [0.15, 0.2) is 0 Å². The lowest BCUT2D eigenvalue weighted by Crippen LogP contribution is -2.58. The Hall–Kier alpha value is -2.37. The number of aliphatic carboxylic acids is 1. The summed E-state index contributed by atoms with van der Waals surface area (Å²) in [6, 6.07) is 13.5. The first-order valence-electron chi connectivity index (χ1n) is 9.90. The Kier molecular flexibility index (Phi) is 7.82. The van der Waals surface area contributed by atoms with E-state index in [4.69, 9.17) is 11.6 Å². The number of fused-ring (bicyclic) bond motifs is 1. The maximum atomic E-state index is 12.8. The normalized spacial score (nSPS) is 17.9. The largest absolute Gasteiger partial charge is 0.480 e. The molecule has 29 heavy (non-hydrogen) atoms. The second kappa shape index (κ2) is 9.90. The van der Waals surface area contributed by atoms with E-state index in [2.05, 4.69) is 16.7 Å². The van der Waals surface area contributed by atoms with E-state index in [1.165, 1.54) is 0 Å². The summed E-state index contributed by atoms with van der Waals surface area (Å²) < 4.78 is 0. The molecule has 0 aromatic heterocycles. The summed E-state index contributed by atoms with van der Waals surface area (Å²) in [7, 11) is 0. The van der Waals surface area contributed by atoms with Crippen LogP contribution in [0.2, 0.25) is 5.02 Å². The van der Waals surface area contributed by atoms with Crippen molar-refractivity contribution in [3.8, 4) is 0 Å². The lowest BCUT2D eigenvalue weighted by Gasteiger charge is -2.38. The number of amides is 1. The van der Waals surface area contributed by atoms with Gasteiger partial charge in [-0.3, -0.25) is 10.1 Å². The third kappa shape index (κ3) is 5.81. The Morgan fingerprint density at radius 2 is 1.79 bits per heavy atom. The number of carbonyl (C=O) groups is 2. The van der Waals surface area contributed by atoms with Gasteiger partial charge >= 0.3 is 5.97 Å². The molecule has 2 unspecified atom stereocenters. The molecule has 0 radical (unpaired) electrons. The lowest BCUT2D eigenvalue weighted by atomic mass is 9.82. The summed E-state index contributed by atoms with van der Waals surface area (Å²) in [6.07, 6.45) is 0.726. The molecule has 0 aliphatic carbocycles. The molecule has 0 fully saturated rings. The van der Waals surface area contributed by atoms with Crippen LogP contribution in [0.5, 0.6) is 0 Å². The molecular weight excluding hydrogens is 388 g/mol. The smallest absolute Gasteiger partial charge is 0.326 e. The van der Waals surface area contributed by atoms with E-state index >= 15 is 0 Å². The van der Waals surface area contributed by atoms with Crippen LogP contribution < -0.4 is 10.6 Å². The van der Waals surface area contributed by atoms with Crippen LogP contribution in [0.25, 0.3) is 0 Å². The molecule has 6 heteroatoms. The SMILES string of the molecule is CC.CC1(C)NC(C(=O)NC(Cc2ccc(Cl)cc2)C(=O)O)Cc2ccccc21. The van der Waals surface area contributed by atoms with Gasteiger partial charge in [0.05, 0.1) is 6.04 Å². The molecule has 2 atom stereocenters. The minimum Gasteiger partial charge on any atom is -0.480 e. The molecule has 3 rings (SSSR count). The summed E-state index contributed by atoms with van der Waals surface area (Å²) >= 11 is 5.87. The lowest BCUT2D eigenvalue weighted by molar-refractivity contribution is -0.142. The molecule has 0 spiro atoms. The Balaban J connectivity index is 0.00000145. The van der Waals surface area contributed by atoms with E-state index in [1.807, 2.05) is 45.9 Å². The van der Waals surface area contributed by atoms with E-state index in [-0.39, 0.29) is 17.9 Å². The maximum absolute atomic E-state index is 12.8. The highest BCUT2D eigenvalue weighted by molar-refractivity contribution is 6.30. The van der Waals surface area contributed by atoms with Crippen molar-refractivity contribution in [2.24, 2.45) is 0 Å². The molecule has 0 saturated carbocycles. The molecule has 3 N–H and O–H groups in total. The quantitative estimate of drug-likeness (QED) is 0.690. The Bertz CT molecular complexity index is 849. The highest BCUT2D eigenvalue weighted by atomic mass is 35.5. The molecule has 0 saturated heterocycles. The van der Waals surface area contributed by atoms with Crippen LogP contribution in [-0.4, -0.2) is 29.1 Å². The third-order valence-electron chi connectivity index (χ3n) is 4.93. The molecule has 2 aromatic rings. The number of benzene rings is 2. The number of halogens is 1. The Morgan fingerprint density at radius 1 is 1.17 bits per heavy atom. The van der Waals surface area contributed by atoms with Gasteiger partial charge in [-0.15, -0.1) is 0 Å². The number of hydrogen-bond acceptors (Lipinski definition) is 3. The fraction of sp³-hybridized carbons (Fsp3) is 0.391. The zero-order valence-electron chi connectivity index (χ0n) is 17.3. The zero-order chi connectivity index (χ0) is 21.6. The Labute approximate surface area is 177 Å². The van der Waals surface area contributed by atoms with Crippen molar-refractivity contribution in [3.05, 3.63) is 70.2 Å². The Morgan fingerprint density at radius 3 is 2.41 bits per heavy atom. The topological polar surface area (TPSA) is 78.4 Å². The summed E-state index contributed by atoms with van der Waals surface area (Å²) in [5, 5.41) is 16.1. The van der Waals surface area contributed by atoms with E-state index in [0.717, 1.165) is 16.7 Å². The first-order valence-corrected chi connectivity index (χ1v) is 10.3. The van der Waals surface area contributed by atoms with Crippen LogP contribution in [-0.2, 0) is 28.0 Å². The number of rotatable bonds is 5. The van der Waals surface area contributed by atoms with E-state index < -0.39 is 18.1 Å². The van der Waals surface area contributed by atoms with Gasteiger partial charge in [0.25, 0.3) is 0 Å². The highest BCUT2D eigenvalue weighted by Crippen LogP contribution is 2.30. The summed E-state index contributed by atoms with van der Waals surface area (Å²) in [4.78, 5) is 24.5. The van der Waals surface area contributed by atoms with Gasteiger partial charge in [0.2, 0.25) is 5.91 Å². The average molecular weight is 417 g/mol. The van der Waals surface area contributed by atoms with Crippen molar-refractivity contribution >= 4 is 23.5 Å². The molecule has 1 amide bonds. The van der Waals surface area contributed by atoms with Crippen molar-refractivity contribution in [3.63, 3.8) is 0 Å². The van der Waals surface area contributed by atoms with Crippen molar-refractivity contribution < 1.29 is 14.7 Å². The minimum absolute atomic E-state index is 0.199. The van der Waals surface area contributed by atoms with Crippen LogP contribution in [0.4, 0.5) is 0 Å². The molecule has 1 aliphatic rings. The van der Waals surface area contributed by atoms with E-state index in [9.17, 15) is 14.7 Å². The maximum Gasteiger partial charge on any atom is 0.326 e. The number of hydrogen-bond donors (Lipinski definition) is 3. The number of carboxylic acid groups (broad SMARTS) is 1. The van der Waals surface area contributed by atoms with E-state index in [1.54, 1.807) is 24.3 Å². The van der Waals surface area contributed by atoms with Gasteiger partial charge in [0.1, 0.15) is 6.04 Å². The molecule has 156 valence electrons. The van der Waals surface area contributed by atoms with Crippen LogP contribution in [0, 0.1) is 0 Å². The second-order valence-electron chi connectivity index (χ2n) is 7.41. The van der Waals surface area contributed by atoms with Gasteiger partial charge in [0, 0.05) is 17.0 Å². The minimum atomic E-state index is -1.06. The highest BCUT2D eigenvalue weighted by Gasteiger charge is 2.36. The molecule has 1 heterocycles. The molecule has 5 nitrogen and oxygen atoms in total. The van der Waals surface area contributed by atoms with Crippen molar-refractivity contribution in [2.75, 3.05) is 0 Å². The first kappa shape index (κ1) is 22.9. The zero-order valence-corrected chi connectivity index (χ0v) is 18.1. The van der Waals surface area contributed by atoms with Crippen LogP contribution >= 0.6 is 11.6 Å². The van der Waals surface area contributed by atoms with Crippen molar-refractivity contribution in [1.29, 1.82) is 0 Å². The predicted octanol–water partition coefficient (Wildman–Crippen LogP) is 3.93. The average Bonchev–Trinajstić information content (AvgIpc) is 2.70. The fourth-order valence-corrected chi connectivity index (χ4v) is 3.71. The summed E-state index contributed by atoms with van der Waals surface area (Å²) in [5.41, 5.74) is 2.69. The second-order valence-corrected chi connectivity index (χ2v) is 7.85.